The number of thiol groups is 1. The van der Waals surface area contributed by atoms with E-state index in [1.54, 1.807) is 0 Å². The lowest BCUT2D eigenvalue weighted by Crippen LogP contribution is -2.10. The average Bonchev–Trinajstić information content (AvgIpc) is 1.80. The van der Waals surface area contributed by atoms with Gasteiger partial charge in [-0.15, -0.1) is 12.6 Å². The van der Waals surface area contributed by atoms with E-state index in [0.717, 1.165) is 0 Å². The van der Waals surface area contributed by atoms with Crippen molar-refractivity contribution in [3.8, 4) is 0 Å². The van der Waals surface area contributed by atoms with Crippen LogP contribution in [-0.2, 0) is 9.59 Å². The van der Waals surface area contributed by atoms with Crippen LogP contribution in [0.25, 0.3) is 0 Å². The molecular weight excluding hydrogens is 136 g/mol. The Balaban J connectivity index is 2.95. The Labute approximate surface area is 57.7 Å². The minimum absolute atomic E-state index is 0.479. The van der Waals surface area contributed by atoms with Crippen LogP contribution in [0.3, 0.4) is 0 Å². The minimum atomic E-state index is -0.498. The molecule has 0 N–H and O–H groups in total. The second-order valence-corrected chi connectivity index (χ2v) is 2.15. The summed E-state index contributed by atoms with van der Waals surface area (Å²) < 4.78 is 0. The van der Waals surface area contributed by atoms with E-state index in [1.165, 1.54) is 18.2 Å². The molecule has 0 aromatic rings. The van der Waals surface area contributed by atoms with E-state index in [4.69, 9.17) is 0 Å². The molecule has 0 spiro atoms. The SMILES string of the molecule is O=C1C=CC(S)=CC1=O. The van der Waals surface area contributed by atoms with Crippen LogP contribution >= 0.6 is 12.6 Å². The molecule has 2 nitrogen and oxygen atoms in total. The third kappa shape index (κ3) is 1.29. The summed E-state index contributed by atoms with van der Waals surface area (Å²) in [6, 6.07) is 0. The van der Waals surface area contributed by atoms with Gasteiger partial charge in [0.15, 0.2) is 0 Å². The van der Waals surface area contributed by atoms with Gasteiger partial charge in [-0.1, -0.05) is 0 Å². The number of hydrogen-bond donors (Lipinski definition) is 1. The lowest BCUT2D eigenvalue weighted by Gasteiger charge is -1.95. The van der Waals surface area contributed by atoms with Crippen LogP contribution in [-0.4, -0.2) is 11.6 Å². The first kappa shape index (κ1) is 6.29. The minimum Gasteiger partial charge on any atom is -0.286 e. The Morgan fingerprint density at radius 1 is 1.11 bits per heavy atom. The van der Waals surface area contributed by atoms with E-state index < -0.39 is 11.6 Å². The normalized spacial score (nSPS) is 18.1. The molecule has 0 amide bonds. The second kappa shape index (κ2) is 2.19. The maximum atomic E-state index is 10.5. The topological polar surface area (TPSA) is 34.1 Å². The molecule has 0 aliphatic heterocycles. The molecule has 0 bridgehead atoms. The maximum Gasteiger partial charge on any atom is 0.226 e. The van der Waals surface area contributed by atoms with E-state index in [9.17, 15) is 9.59 Å². The Morgan fingerprint density at radius 3 is 2.22 bits per heavy atom. The predicted octanol–water partition coefficient (Wildman–Crippen LogP) is 0.508. The van der Waals surface area contributed by atoms with Crippen LogP contribution in [0, 0.1) is 0 Å². The molecule has 0 saturated carbocycles. The zero-order valence-corrected chi connectivity index (χ0v) is 5.39. The summed E-state index contributed by atoms with van der Waals surface area (Å²) in [5.74, 6) is -0.977. The predicted molar refractivity (Wildman–Crippen MR) is 36.2 cm³/mol. The van der Waals surface area contributed by atoms with Gasteiger partial charge in [0.25, 0.3) is 0 Å². The molecule has 0 radical (unpaired) electrons. The molecular formula is C6H4O2S. The highest BCUT2D eigenvalue weighted by atomic mass is 32.1. The van der Waals surface area contributed by atoms with Gasteiger partial charge in [-0.2, -0.15) is 0 Å². The van der Waals surface area contributed by atoms with Crippen molar-refractivity contribution in [2.24, 2.45) is 0 Å². The van der Waals surface area contributed by atoms with Crippen molar-refractivity contribution in [2.45, 2.75) is 0 Å². The van der Waals surface area contributed by atoms with E-state index in [1.807, 2.05) is 0 Å². The molecule has 0 atom stereocenters. The first-order valence-corrected chi connectivity index (χ1v) is 2.82. The lowest BCUT2D eigenvalue weighted by molar-refractivity contribution is -0.131. The average molecular weight is 140 g/mol. The van der Waals surface area contributed by atoms with Crippen molar-refractivity contribution >= 4 is 24.2 Å². The van der Waals surface area contributed by atoms with Crippen LogP contribution in [0.1, 0.15) is 0 Å². The van der Waals surface area contributed by atoms with Crippen molar-refractivity contribution in [3.63, 3.8) is 0 Å². The van der Waals surface area contributed by atoms with Gasteiger partial charge in [-0.25, -0.2) is 0 Å². The van der Waals surface area contributed by atoms with Crippen molar-refractivity contribution in [2.75, 3.05) is 0 Å². The highest BCUT2D eigenvalue weighted by Crippen LogP contribution is 2.07. The zero-order valence-electron chi connectivity index (χ0n) is 4.50. The quantitative estimate of drug-likeness (QED) is 0.302. The van der Waals surface area contributed by atoms with Crippen molar-refractivity contribution in [3.05, 3.63) is 23.1 Å². The van der Waals surface area contributed by atoms with Crippen LogP contribution in [0.2, 0.25) is 0 Å². The number of carbonyl (C=O) groups is 2. The van der Waals surface area contributed by atoms with Crippen LogP contribution in [0.4, 0.5) is 0 Å². The summed E-state index contributed by atoms with van der Waals surface area (Å²) in [7, 11) is 0. The lowest BCUT2D eigenvalue weighted by atomic mass is 10.1. The molecule has 0 aromatic carbocycles. The summed E-state index contributed by atoms with van der Waals surface area (Å²) in [6.07, 6.45) is 3.91. The largest absolute Gasteiger partial charge is 0.286 e. The first-order valence-electron chi connectivity index (χ1n) is 2.37. The molecule has 0 unspecified atom stereocenters. The Bertz CT molecular complexity index is 225. The van der Waals surface area contributed by atoms with Gasteiger partial charge < -0.3 is 0 Å². The Hall–Kier alpha value is -0.830. The Kier molecular flexibility index (Phi) is 1.53. The fourth-order valence-electron chi connectivity index (χ4n) is 0.497. The summed E-state index contributed by atoms with van der Waals surface area (Å²) >= 11 is 3.86. The number of allylic oxidation sites excluding steroid dienone is 3. The van der Waals surface area contributed by atoms with Crippen molar-refractivity contribution in [1.29, 1.82) is 0 Å². The Morgan fingerprint density at radius 2 is 1.78 bits per heavy atom. The summed E-state index contributed by atoms with van der Waals surface area (Å²) in [4.78, 5) is 21.4. The fourth-order valence-corrected chi connectivity index (χ4v) is 0.689. The smallest absolute Gasteiger partial charge is 0.226 e. The van der Waals surface area contributed by atoms with Crippen molar-refractivity contribution < 1.29 is 9.59 Å². The standard InChI is InChI=1S/C6H4O2S/c7-5-2-1-4(9)3-6(5)8/h1-3,9H. The molecule has 46 valence electrons. The third-order valence-corrected chi connectivity index (χ3v) is 1.21. The fraction of sp³-hybridized carbons (Fsp3) is 0. The van der Waals surface area contributed by atoms with Crippen LogP contribution in [0.15, 0.2) is 23.1 Å². The van der Waals surface area contributed by atoms with Crippen LogP contribution < -0.4 is 0 Å². The molecule has 1 rings (SSSR count). The number of hydrogen-bond acceptors (Lipinski definition) is 3. The molecule has 0 saturated heterocycles. The molecule has 3 heteroatoms. The van der Waals surface area contributed by atoms with Crippen molar-refractivity contribution in [1.82, 2.24) is 0 Å². The summed E-state index contributed by atoms with van der Waals surface area (Å²) in [5, 5.41) is 0. The van der Waals surface area contributed by atoms with E-state index in [-0.39, 0.29) is 0 Å². The van der Waals surface area contributed by atoms with Gasteiger partial charge in [-0.3, -0.25) is 9.59 Å². The van der Waals surface area contributed by atoms with Crippen LogP contribution in [0.5, 0.6) is 0 Å². The molecule has 0 aromatic heterocycles. The molecule has 1 aliphatic rings. The van der Waals surface area contributed by atoms with Gasteiger partial charge in [-0.05, 0) is 12.2 Å². The number of carbonyl (C=O) groups excluding carboxylic acids is 2. The van der Waals surface area contributed by atoms with Gasteiger partial charge in [0.2, 0.25) is 11.6 Å². The number of rotatable bonds is 0. The molecule has 1 aliphatic carbocycles. The summed E-state index contributed by atoms with van der Waals surface area (Å²) in [5.41, 5.74) is 0. The van der Waals surface area contributed by atoms with E-state index in [2.05, 4.69) is 12.6 Å². The monoisotopic (exact) mass is 140 g/mol. The molecule has 0 fully saturated rings. The third-order valence-electron chi connectivity index (χ3n) is 0.927. The van der Waals surface area contributed by atoms with Gasteiger partial charge in [0.05, 0.1) is 0 Å². The first-order chi connectivity index (χ1) is 4.20. The van der Waals surface area contributed by atoms with Gasteiger partial charge in [0, 0.05) is 11.0 Å². The summed E-state index contributed by atoms with van der Waals surface area (Å²) in [6.45, 7) is 0. The van der Waals surface area contributed by atoms with Gasteiger partial charge in [0.1, 0.15) is 0 Å². The molecule has 0 heterocycles. The maximum absolute atomic E-state index is 10.5. The molecule has 9 heavy (non-hydrogen) atoms. The van der Waals surface area contributed by atoms with E-state index >= 15 is 0 Å². The number of ketones is 2. The van der Waals surface area contributed by atoms with Gasteiger partial charge >= 0.3 is 0 Å². The highest BCUT2D eigenvalue weighted by molar-refractivity contribution is 7.84. The zero-order chi connectivity index (χ0) is 6.85. The highest BCUT2D eigenvalue weighted by Gasteiger charge is 2.10. The van der Waals surface area contributed by atoms with E-state index in [0.29, 0.717) is 4.91 Å². The second-order valence-electron chi connectivity index (χ2n) is 1.63.